The fraction of sp³-hybridized carbons (Fsp3) is 0.429. The van der Waals surface area contributed by atoms with E-state index in [0.29, 0.717) is 11.3 Å². The van der Waals surface area contributed by atoms with Crippen molar-refractivity contribution in [3.05, 3.63) is 34.8 Å². The van der Waals surface area contributed by atoms with Crippen molar-refractivity contribution >= 4 is 23.1 Å². The van der Waals surface area contributed by atoms with E-state index in [1.165, 1.54) is 11.1 Å². The average molecular weight is 307 g/mol. The van der Waals surface area contributed by atoms with Gasteiger partial charge in [0.1, 0.15) is 11.3 Å². The second kappa shape index (κ2) is 6.11. The van der Waals surface area contributed by atoms with Crippen LogP contribution in [0.2, 0.25) is 0 Å². The SMILES string of the molecule is CCNC1c2cc(OC)ccc2CC1Sc1nncs1. The summed E-state index contributed by atoms with van der Waals surface area (Å²) in [6, 6.07) is 6.72. The Balaban J connectivity index is 1.86. The van der Waals surface area contributed by atoms with Gasteiger partial charge in [-0.1, -0.05) is 36.1 Å². The molecule has 2 aromatic rings. The summed E-state index contributed by atoms with van der Waals surface area (Å²) >= 11 is 3.42. The van der Waals surface area contributed by atoms with Crippen molar-refractivity contribution in [3.8, 4) is 5.75 Å². The van der Waals surface area contributed by atoms with Gasteiger partial charge in [0, 0.05) is 11.3 Å². The molecule has 0 saturated carbocycles. The summed E-state index contributed by atoms with van der Waals surface area (Å²) in [7, 11) is 1.71. The molecule has 0 aliphatic heterocycles. The van der Waals surface area contributed by atoms with Crippen LogP contribution in [-0.4, -0.2) is 29.1 Å². The van der Waals surface area contributed by atoms with Gasteiger partial charge in [-0.05, 0) is 36.2 Å². The Bertz CT molecular complexity index is 574. The highest BCUT2D eigenvalue weighted by atomic mass is 32.2. The lowest BCUT2D eigenvalue weighted by atomic mass is 10.1. The molecule has 106 valence electrons. The summed E-state index contributed by atoms with van der Waals surface area (Å²) < 4.78 is 6.39. The fourth-order valence-corrected chi connectivity index (χ4v) is 4.62. The summed E-state index contributed by atoms with van der Waals surface area (Å²) in [5.74, 6) is 0.924. The minimum atomic E-state index is 0.346. The number of thioether (sulfide) groups is 1. The highest BCUT2D eigenvalue weighted by Crippen LogP contribution is 2.42. The van der Waals surface area contributed by atoms with Crippen LogP contribution in [0.3, 0.4) is 0 Å². The summed E-state index contributed by atoms with van der Waals surface area (Å²) in [4.78, 5) is 0. The van der Waals surface area contributed by atoms with Crippen LogP contribution < -0.4 is 10.1 Å². The van der Waals surface area contributed by atoms with E-state index in [1.807, 2.05) is 17.8 Å². The van der Waals surface area contributed by atoms with Crippen LogP contribution in [0.4, 0.5) is 0 Å². The van der Waals surface area contributed by atoms with Crippen molar-refractivity contribution in [1.29, 1.82) is 0 Å². The van der Waals surface area contributed by atoms with Gasteiger partial charge in [0.15, 0.2) is 4.34 Å². The molecule has 20 heavy (non-hydrogen) atoms. The number of methoxy groups -OCH3 is 1. The topological polar surface area (TPSA) is 47.0 Å². The number of rotatable bonds is 5. The first-order chi connectivity index (χ1) is 9.81. The Kier molecular flexibility index (Phi) is 4.24. The molecule has 0 spiro atoms. The average Bonchev–Trinajstić information content (AvgIpc) is 3.08. The highest BCUT2D eigenvalue weighted by Gasteiger charge is 2.33. The zero-order valence-electron chi connectivity index (χ0n) is 11.5. The third kappa shape index (κ3) is 2.68. The van der Waals surface area contributed by atoms with Gasteiger partial charge < -0.3 is 10.1 Å². The van der Waals surface area contributed by atoms with Crippen LogP contribution >= 0.6 is 23.1 Å². The smallest absolute Gasteiger partial charge is 0.174 e. The molecule has 0 fully saturated rings. The summed E-state index contributed by atoms with van der Waals surface area (Å²) in [6.07, 6.45) is 1.06. The van der Waals surface area contributed by atoms with Crippen molar-refractivity contribution in [2.45, 2.75) is 29.0 Å². The molecule has 0 amide bonds. The zero-order valence-corrected chi connectivity index (χ0v) is 13.1. The normalized spacial score (nSPS) is 20.9. The van der Waals surface area contributed by atoms with Crippen LogP contribution in [0, 0.1) is 0 Å². The molecule has 1 aromatic carbocycles. The Morgan fingerprint density at radius 3 is 3.10 bits per heavy atom. The highest BCUT2D eigenvalue weighted by molar-refractivity contribution is 8.01. The maximum Gasteiger partial charge on any atom is 0.174 e. The first kappa shape index (κ1) is 13.9. The molecule has 3 rings (SSSR count). The van der Waals surface area contributed by atoms with Gasteiger partial charge in [0.05, 0.1) is 7.11 Å². The number of benzene rings is 1. The van der Waals surface area contributed by atoms with Gasteiger partial charge in [-0.25, -0.2) is 0 Å². The van der Waals surface area contributed by atoms with E-state index >= 15 is 0 Å². The number of aromatic nitrogens is 2. The predicted octanol–water partition coefficient (Wildman–Crippen LogP) is 2.91. The Morgan fingerprint density at radius 2 is 2.40 bits per heavy atom. The Labute approximate surface area is 127 Å². The maximum absolute atomic E-state index is 5.35. The molecule has 2 unspecified atom stereocenters. The first-order valence-corrected chi connectivity index (χ1v) is 8.40. The van der Waals surface area contributed by atoms with Crippen molar-refractivity contribution < 1.29 is 4.74 Å². The summed E-state index contributed by atoms with van der Waals surface area (Å²) in [5.41, 5.74) is 4.54. The Hall–Kier alpha value is -1.11. The number of hydrogen-bond acceptors (Lipinski definition) is 6. The minimum absolute atomic E-state index is 0.346. The molecule has 1 aromatic heterocycles. The maximum atomic E-state index is 5.35. The molecule has 1 heterocycles. The number of ether oxygens (including phenoxy) is 1. The van der Waals surface area contributed by atoms with Crippen LogP contribution in [0.5, 0.6) is 5.75 Å². The van der Waals surface area contributed by atoms with Crippen molar-refractivity contribution in [1.82, 2.24) is 15.5 Å². The third-order valence-electron chi connectivity index (χ3n) is 3.50. The van der Waals surface area contributed by atoms with Gasteiger partial charge in [-0.15, -0.1) is 10.2 Å². The molecule has 4 nitrogen and oxygen atoms in total. The molecule has 6 heteroatoms. The Morgan fingerprint density at radius 1 is 1.50 bits per heavy atom. The molecule has 2 atom stereocenters. The van der Waals surface area contributed by atoms with Crippen LogP contribution in [-0.2, 0) is 6.42 Å². The zero-order chi connectivity index (χ0) is 13.9. The van der Waals surface area contributed by atoms with Crippen LogP contribution in [0.15, 0.2) is 28.0 Å². The minimum Gasteiger partial charge on any atom is -0.497 e. The number of nitrogens with one attached hydrogen (secondary N) is 1. The molecule has 1 aliphatic carbocycles. The first-order valence-electron chi connectivity index (χ1n) is 6.65. The van der Waals surface area contributed by atoms with Crippen molar-refractivity contribution in [2.24, 2.45) is 0 Å². The van der Waals surface area contributed by atoms with Crippen molar-refractivity contribution in [3.63, 3.8) is 0 Å². The molecule has 0 radical (unpaired) electrons. The third-order valence-corrected chi connectivity index (χ3v) is 5.58. The number of fused-ring (bicyclic) bond motifs is 1. The number of hydrogen-bond donors (Lipinski definition) is 1. The molecule has 1 aliphatic rings. The summed E-state index contributed by atoms with van der Waals surface area (Å²) in [6.45, 7) is 3.10. The van der Waals surface area contributed by atoms with Gasteiger partial charge >= 0.3 is 0 Å². The van der Waals surface area contributed by atoms with E-state index in [0.717, 1.165) is 23.1 Å². The second-order valence-corrected chi connectivity index (χ2v) is 6.98. The molecule has 1 N–H and O–H groups in total. The van der Waals surface area contributed by atoms with Gasteiger partial charge in [-0.3, -0.25) is 0 Å². The largest absolute Gasteiger partial charge is 0.497 e. The fourth-order valence-electron chi connectivity index (χ4n) is 2.63. The summed E-state index contributed by atoms with van der Waals surface area (Å²) in [5, 5.41) is 12.1. The quantitative estimate of drug-likeness (QED) is 0.920. The van der Waals surface area contributed by atoms with E-state index < -0.39 is 0 Å². The van der Waals surface area contributed by atoms with E-state index in [9.17, 15) is 0 Å². The lowest BCUT2D eigenvalue weighted by Crippen LogP contribution is -2.26. The van der Waals surface area contributed by atoms with E-state index in [1.54, 1.807) is 24.0 Å². The van der Waals surface area contributed by atoms with E-state index in [2.05, 4.69) is 34.6 Å². The van der Waals surface area contributed by atoms with E-state index in [4.69, 9.17) is 4.74 Å². The second-order valence-electron chi connectivity index (χ2n) is 4.67. The molecule has 0 saturated heterocycles. The van der Waals surface area contributed by atoms with Gasteiger partial charge in [0.2, 0.25) is 0 Å². The van der Waals surface area contributed by atoms with Crippen LogP contribution in [0.1, 0.15) is 24.1 Å². The standard InChI is InChI=1S/C14H17N3OS2/c1-3-15-13-11-7-10(18-2)5-4-9(11)6-12(13)20-14-17-16-8-19-14/h4-5,7-8,12-13,15H,3,6H2,1-2H3. The van der Waals surface area contributed by atoms with E-state index in [-0.39, 0.29) is 0 Å². The van der Waals surface area contributed by atoms with Gasteiger partial charge in [0.25, 0.3) is 0 Å². The van der Waals surface area contributed by atoms with Crippen molar-refractivity contribution in [2.75, 3.05) is 13.7 Å². The van der Waals surface area contributed by atoms with Gasteiger partial charge in [-0.2, -0.15) is 0 Å². The molecular weight excluding hydrogens is 290 g/mol. The van der Waals surface area contributed by atoms with Crippen LogP contribution in [0.25, 0.3) is 0 Å². The molecular formula is C14H17N3OS2. The predicted molar refractivity (Wildman–Crippen MR) is 82.7 cm³/mol. The monoisotopic (exact) mass is 307 g/mol. The lowest BCUT2D eigenvalue weighted by molar-refractivity contribution is 0.413. The molecule has 0 bridgehead atoms. The lowest BCUT2D eigenvalue weighted by Gasteiger charge is -2.20. The number of nitrogens with zero attached hydrogens (tertiary/aromatic N) is 2.